The van der Waals surface area contributed by atoms with Crippen LogP contribution in [0.25, 0.3) is 0 Å². The van der Waals surface area contributed by atoms with Crippen molar-refractivity contribution in [2.45, 2.75) is 45.2 Å². The predicted octanol–water partition coefficient (Wildman–Crippen LogP) is 2.16. The van der Waals surface area contributed by atoms with Gasteiger partial charge in [-0.1, -0.05) is 25.0 Å². The van der Waals surface area contributed by atoms with Crippen LogP contribution in [0.3, 0.4) is 0 Å². The Bertz CT molecular complexity index is 638. The maximum atomic E-state index is 13.3. The molecule has 26 heavy (non-hydrogen) atoms. The minimum atomic E-state index is -0.288. The van der Waals surface area contributed by atoms with Crippen LogP contribution in [0, 0.1) is 11.7 Å². The third-order valence-electron chi connectivity index (χ3n) is 5.62. The van der Waals surface area contributed by atoms with Crippen molar-refractivity contribution in [3.63, 3.8) is 0 Å². The molecule has 1 saturated carbocycles. The Morgan fingerprint density at radius 1 is 1.19 bits per heavy atom. The van der Waals surface area contributed by atoms with Gasteiger partial charge in [0.2, 0.25) is 11.8 Å². The van der Waals surface area contributed by atoms with Crippen LogP contribution in [0.1, 0.15) is 38.2 Å². The van der Waals surface area contributed by atoms with Gasteiger partial charge in [-0.2, -0.15) is 0 Å². The van der Waals surface area contributed by atoms with E-state index in [1.165, 1.54) is 25.0 Å². The Balaban J connectivity index is 1.64. The predicted molar refractivity (Wildman–Crippen MR) is 97.8 cm³/mol. The second kappa shape index (κ2) is 8.62. The molecule has 1 heterocycles. The zero-order chi connectivity index (χ0) is 18.5. The summed E-state index contributed by atoms with van der Waals surface area (Å²) in [5, 5.41) is 3.01. The van der Waals surface area contributed by atoms with Crippen LogP contribution in [0.15, 0.2) is 24.3 Å². The molecule has 2 amide bonds. The van der Waals surface area contributed by atoms with Crippen molar-refractivity contribution in [3.8, 4) is 0 Å². The summed E-state index contributed by atoms with van der Waals surface area (Å²) in [6.07, 6.45) is 4.49. The molecular weight excluding hydrogens is 333 g/mol. The van der Waals surface area contributed by atoms with E-state index in [-0.39, 0.29) is 23.7 Å². The first-order valence-electron chi connectivity index (χ1n) is 9.56. The molecule has 1 saturated heterocycles. The second-order valence-electron chi connectivity index (χ2n) is 7.38. The first kappa shape index (κ1) is 18.8. The van der Waals surface area contributed by atoms with E-state index in [4.69, 9.17) is 0 Å². The zero-order valence-electron chi connectivity index (χ0n) is 15.4. The molecule has 1 aromatic rings. The quantitative estimate of drug-likeness (QED) is 0.874. The number of piperazine rings is 1. The molecule has 1 aromatic carbocycles. The summed E-state index contributed by atoms with van der Waals surface area (Å²) in [4.78, 5) is 28.6. The molecule has 1 aliphatic heterocycles. The molecule has 6 heteroatoms. The Morgan fingerprint density at radius 2 is 1.88 bits per heavy atom. The minimum Gasteiger partial charge on any atom is -0.351 e. The number of nitrogens with zero attached hydrogens (tertiary/aromatic N) is 2. The standard InChI is InChI=1S/C20H28FN3O2/c1-15(25)23-9-11-24(12-10-23)19(17-6-2-3-7-17)20(26)22-14-16-5-4-8-18(21)13-16/h4-5,8,13,17,19H,2-3,6-7,9-12,14H2,1H3,(H,22,26). The van der Waals surface area contributed by atoms with Crippen molar-refractivity contribution in [2.75, 3.05) is 26.2 Å². The summed E-state index contributed by atoms with van der Waals surface area (Å²) >= 11 is 0. The number of nitrogens with one attached hydrogen (secondary N) is 1. The van der Waals surface area contributed by atoms with Crippen LogP contribution < -0.4 is 5.32 Å². The number of hydrogen-bond donors (Lipinski definition) is 1. The zero-order valence-corrected chi connectivity index (χ0v) is 15.4. The van der Waals surface area contributed by atoms with E-state index in [0.717, 1.165) is 31.5 Å². The van der Waals surface area contributed by atoms with Gasteiger partial charge in [-0.05, 0) is 36.5 Å². The third-order valence-corrected chi connectivity index (χ3v) is 5.62. The molecule has 0 bridgehead atoms. The van der Waals surface area contributed by atoms with E-state index in [2.05, 4.69) is 10.2 Å². The van der Waals surface area contributed by atoms with Crippen LogP contribution >= 0.6 is 0 Å². The lowest BCUT2D eigenvalue weighted by Gasteiger charge is -2.40. The Hall–Kier alpha value is -1.95. The van der Waals surface area contributed by atoms with E-state index in [9.17, 15) is 14.0 Å². The van der Waals surface area contributed by atoms with Crippen molar-refractivity contribution >= 4 is 11.8 Å². The second-order valence-corrected chi connectivity index (χ2v) is 7.38. The molecule has 0 aromatic heterocycles. The highest BCUT2D eigenvalue weighted by atomic mass is 19.1. The molecule has 1 aliphatic carbocycles. The topological polar surface area (TPSA) is 52.7 Å². The molecular formula is C20H28FN3O2. The summed E-state index contributed by atoms with van der Waals surface area (Å²) in [6, 6.07) is 6.18. The Kier molecular flexibility index (Phi) is 6.25. The summed E-state index contributed by atoms with van der Waals surface area (Å²) in [7, 11) is 0. The van der Waals surface area contributed by atoms with E-state index < -0.39 is 0 Å². The fourth-order valence-electron chi connectivity index (χ4n) is 4.21. The normalized spacial score (nSPS) is 20.2. The summed E-state index contributed by atoms with van der Waals surface area (Å²) in [5.41, 5.74) is 0.768. The number of carbonyl (C=O) groups is 2. The van der Waals surface area contributed by atoms with Gasteiger partial charge in [-0.25, -0.2) is 4.39 Å². The van der Waals surface area contributed by atoms with E-state index in [1.54, 1.807) is 13.0 Å². The van der Waals surface area contributed by atoms with Crippen LogP contribution in [0.5, 0.6) is 0 Å². The monoisotopic (exact) mass is 361 g/mol. The van der Waals surface area contributed by atoms with E-state index in [1.807, 2.05) is 11.0 Å². The van der Waals surface area contributed by atoms with Gasteiger partial charge in [0.05, 0.1) is 6.04 Å². The van der Waals surface area contributed by atoms with Gasteiger partial charge in [-0.3, -0.25) is 14.5 Å². The number of hydrogen-bond acceptors (Lipinski definition) is 3. The molecule has 2 aliphatic rings. The molecule has 3 rings (SSSR count). The van der Waals surface area contributed by atoms with Crippen molar-refractivity contribution in [2.24, 2.45) is 5.92 Å². The average molecular weight is 361 g/mol. The molecule has 142 valence electrons. The molecule has 5 nitrogen and oxygen atoms in total. The fourth-order valence-corrected chi connectivity index (χ4v) is 4.21. The number of carbonyl (C=O) groups excluding carboxylic acids is 2. The number of amides is 2. The lowest BCUT2D eigenvalue weighted by atomic mass is 9.95. The van der Waals surface area contributed by atoms with Crippen LogP contribution in [0.4, 0.5) is 4.39 Å². The average Bonchev–Trinajstić information content (AvgIpc) is 3.15. The third kappa shape index (κ3) is 4.61. The van der Waals surface area contributed by atoms with Gasteiger partial charge >= 0.3 is 0 Å². The van der Waals surface area contributed by atoms with Gasteiger partial charge in [-0.15, -0.1) is 0 Å². The lowest BCUT2D eigenvalue weighted by Crippen LogP contribution is -2.57. The maximum Gasteiger partial charge on any atom is 0.237 e. The molecule has 1 atom stereocenters. The number of benzene rings is 1. The van der Waals surface area contributed by atoms with Crippen molar-refractivity contribution in [3.05, 3.63) is 35.6 Å². The summed E-state index contributed by atoms with van der Waals surface area (Å²) in [6.45, 7) is 4.75. The van der Waals surface area contributed by atoms with Crippen LogP contribution in [-0.2, 0) is 16.1 Å². The SMILES string of the molecule is CC(=O)N1CCN(C(C(=O)NCc2cccc(F)c2)C2CCCC2)CC1. The van der Waals surface area contributed by atoms with Crippen LogP contribution in [0.2, 0.25) is 0 Å². The number of rotatable bonds is 5. The smallest absolute Gasteiger partial charge is 0.237 e. The van der Waals surface area contributed by atoms with Crippen LogP contribution in [-0.4, -0.2) is 53.8 Å². The Morgan fingerprint density at radius 3 is 2.50 bits per heavy atom. The largest absolute Gasteiger partial charge is 0.351 e. The van der Waals surface area contributed by atoms with Crippen molar-refractivity contribution in [1.29, 1.82) is 0 Å². The molecule has 1 N–H and O–H groups in total. The van der Waals surface area contributed by atoms with Gasteiger partial charge in [0, 0.05) is 39.6 Å². The molecule has 1 unspecified atom stereocenters. The summed E-state index contributed by atoms with van der Waals surface area (Å²) < 4.78 is 13.3. The Labute approximate surface area is 154 Å². The fraction of sp³-hybridized carbons (Fsp3) is 0.600. The lowest BCUT2D eigenvalue weighted by molar-refractivity contribution is -0.133. The van der Waals surface area contributed by atoms with E-state index in [0.29, 0.717) is 25.6 Å². The highest BCUT2D eigenvalue weighted by molar-refractivity contribution is 5.82. The number of halogens is 1. The highest BCUT2D eigenvalue weighted by Crippen LogP contribution is 2.31. The van der Waals surface area contributed by atoms with Gasteiger partial charge in [0.25, 0.3) is 0 Å². The maximum absolute atomic E-state index is 13.3. The van der Waals surface area contributed by atoms with Gasteiger partial charge in [0.1, 0.15) is 5.82 Å². The molecule has 2 fully saturated rings. The minimum absolute atomic E-state index is 0.0254. The molecule has 0 spiro atoms. The van der Waals surface area contributed by atoms with Gasteiger partial charge in [0.15, 0.2) is 0 Å². The highest BCUT2D eigenvalue weighted by Gasteiger charge is 2.36. The first-order valence-corrected chi connectivity index (χ1v) is 9.56. The summed E-state index contributed by atoms with van der Waals surface area (Å²) in [5.74, 6) is 0.200. The first-order chi connectivity index (χ1) is 12.5. The van der Waals surface area contributed by atoms with Gasteiger partial charge < -0.3 is 10.2 Å². The van der Waals surface area contributed by atoms with Crippen molar-refractivity contribution in [1.82, 2.24) is 15.1 Å². The molecule has 0 radical (unpaired) electrons. The van der Waals surface area contributed by atoms with E-state index >= 15 is 0 Å². The van der Waals surface area contributed by atoms with Crippen molar-refractivity contribution < 1.29 is 14.0 Å².